The van der Waals surface area contributed by atoms with Crippen molar-refractivity contribution >= 4 is 40.3 Å². The fraction of sp³-hybridized carbons (Fsp3) is 0.312. The number of nitrogens with two attached hydrogens (primary N) is 1. The van der Waals surface area contributed by atoms with Crippen molar-refractivity contribution in [2.75, 3.05) is 26.0 Å². The highest BCUT2D eigenvalue weighted by molar-refractivity contribution is 6.33. The van der Waals surface area contributed by atoms with Crippen molar-refractivity contribution in [3.63, 3.8) is 0 Å². The summed E-state index contributed by atoms with van der Waals surface area (Å²) in [7, 11) is 3.84. The second kappa shape index (κ2) is 14.6. The number of aryl methyl sites for hydroxylation is 1. The fourth-order valence-electron chi connectivity index (χ4n) is 5.07. The summed E-state index contributed by atoms with van der Waals surface area (Å²) in [5.74, 6) is 0.136. The molecule has 1 saturated carbocycles. The van der Waals surface area contributed by atoms with Gasteiger partial charge in [0.05, 0.1) is 16.9 Å². The second-order valence-electron chi connectivity index (χ2n) is 10.7. The summed E-state index contributed by atoms with van der Waals surface area (Å²) in [4.78, 5) is 37.2. The molecule has 5 N–H and O–H groups in total. The summed E-state index contributed by atoms with van der Waals surface area (Å²) in [5, 5.41) is 8.26. The van der Waals surface area contributed by atoms with Crippen LogP contribution < -0.4 is 16.4 Å². The molecule has 1 aliphatic carbocycles. The van der Waals surface area contributed by atoms with E-state index in [1.54, 1.807) is 12.3 Å². The molecular formula is C32H38ClN7O2. The number of hydrogen-bond acceptors (Lipinski definition) is 6. The standard InChI is InChI=1S/C26H26ClN5O.C6H12N2O/c1-16-23(20-12-5-6-13-22(20)29-16)24-21(27)15-28-26(32-24)31-19-11-7-10-18(14-19)30-25(33)17-8-3-2-4-9-17;1-8(2)5-3-4-6(7)9/h2-6,8-9,12-13,15,18-19,29H,7,10-11,14H2,1H3,(H,30,33)(H,28,31,32);3-4H,5H2,1-2H3,(H2,7,9)/b;4-3+/t18-,19+;/m0./s1. The van der Waals surface area contributed by atoms with Gasteiger partial charge in [-0.1, -0.05) is 54.1 Å². The van der Waals surface area contributed by atoms with Crippen molar-refractivity contribution in [3.8, 4) is 11.3 Å². The molecule has 42 heavy (non-hydrogen) atoms. The van der Waals surface area contributed by atoms with E-state index in [-0.39, 0.29) is 18.0 Å². The molecule has 2 amide bonds. The third-order valence-electron chi connectivity index (χ3n) is 7.01. The Labute approximate surface area is 251 Å². The van der Waals surface area contributed by atoms with E-state index in [2.05, 4.69) is 26.7 Å². The number of aromatic amines is 1. The summed E-state index contributed by atoms with van der Waals surface area (Å²) in [6, 6.07) is 17.8. The Morgan fingerprint density at radius 2 is 1.81 bits per heavy atom. The van der Waals surface area contributed by atoms with Gasteiger partial charge in [0.2, 0.25) is 11.9 Å². The molecule has 9 nitrogen and oxygen atoms in total. The zero-order valence-electron chi connectivity index (χ0n) is 24.2. The molecule has 220 valence electrons. The number of carbonyl (C=O) groups is 2. The van der Waals surface area contributed by atoms with Crippen LogP contribution in [0.2, 0.25) is 5.02 Å². The quantitative estimate of drug-likeness (QED) is 0.206. The van der Waals surface area contributed by atoms with Crippen LogP contribution in [0.4, 0.5) is 5.95 Å². The Balaban J connectivity index is 0.000000392. The molecule has 2 atom stereocenters. The fourth-order valence-corrected chi connectivity index (χ4v) is 5.25. The van der Waals surface area contributed by atoms with Gasteiger partial charge in [0.1, 0.15) is 0 Å². The van der Waals surface area contributed by atoms with E-state index < -0.39 is 5.91 Å². The van der Waals surface area contributed by atoms with Crippen LogP contribution in [0.5, 0.6) is 0 Å². The lowest BCUT2D eigenvalue weighted by Crippen LogP contribution is -2.42. The number of para-hydroxylation sites is 1. The summed E-state index contributed by atoms with van der Waals surface area (Å²) >= 11 is 6.53. The SMILES string of the molecule is CN(C)C/C=C/C(N)=O.Cc1[nH]c2ccccc2c1-c1nc(N[C@@H]2CCC[C@H](NC(=O)c3ccccc3)C2)ncc1Cl. The molecule has 0 bridgehead atoms. The molecule has 4 aromatic rings. The number of anilines is 1. The Hall–Kier alpha value is -4.21. The van der Waals surface area contributed by atoms with E-state index >= 15 is 0 Å². The second-order valence-corrected chi connectivity index (χ2v) is 11.1. The van der Waals surface area contributed by atoms with Gasteiger partial charge in [-0.25, -0.2) is 9.97 Å². The summed E-state index contributed by atoms with van der Waals surface area (Å²) < 4.78 is 0. The molecule has 1 aliphatic rings. The first-order chi connectivity index (χ1) is 20.2. The number of fused-ring (bicyclic) bond motifs is 1. The largest absolute Gasteiger partial charge is 0.366 e. The van der Waals surface area contributed by atoms with Crippen molar-refractivity contribution in [1.29, 1.82) is 0 Å². The average Bonchev–Trinajstić information content (AvgIpc) is 3.30. The topological polar surface area (TPSA) is 129 Å². The number of nitrogens with one attached hydrogen (secondary N) is 3. The number of primary amides is 1. The van der Waals surface area contributed by atoms with Gasteiger partial charge in [0.25, 0.3) is 5.91 Å². The number of nitrogens with zero attached hydrogens (tertiary/aromatic N) is 3. The van der Waals surface area contributed by atoms with E-state index in [1.807, 2.05) is 74.4 Å². The van der Waals surface area contributed by atoms with E-state index in [9.17, 15) is 9.59 Å². The van der Waals surface area contributed by atoms with Gasteiger partial charge in [-0.2, -0.15) is 0 Å². The maximum absolute atomic E-state index is 12.6. The molecular weight excluding hydrogens is 550 g/mol. The number of benzene rings is 2. The molecule has 0 unspecified atom stereocenters. The molecule has 1 fully saturated rings. The van der Waals surface area contributed by atoms with Crippen molar-refractivity contribution in [2.24, 2.45) is 5.73 Å². The molecule has 2 heterocycles. The van der Waals surface area contributed by atoms with Crippen LogP contribution in [0.15, 0.2) is 72.9 Å². The Bertz CT molecular complexity index is 1530. The number of halogens is 1. The summed E-state index contributed by atoms with van der Waals surface area (Å²) in [5.41, 5.74) is 9.31. The van der Waals surface area contributed by atoms with Crippen molar-refractivity contribution in [3.05, 3.63) is 89.2 Å². The Kier molecular flexibility index (Phi) is 10.7. The monoisotopic (exact) mass is 587 g/mol. The minimum absolute atomic E-state index is 0.0268. The van der Waals surface area contributed by atoms with Crippen molar-refractivity contribution in [2.45, 2.75) is 44.7 Å². The van der Waals surface area contributed by atoms with Crippen molar-refractivity contribution in [1.82, 2.24) is 25.2 Å². The summed E-state index contributed by atoms with van der Waals surface area (Å²) in [6.45, 7) is 2.78. The minimum atomic E-state index is -0.392. The number of likely N-dealkylation sites (N-methyl/N-ethyl adjacent to an activating group) is 1. The predicted octanol–water partition coefficient (Wildman–Crippen LogP) is 5.33. The van der Waals surface area contributed by atoms with Crippen LogP contribution >= 0.6 is 11.6 Å². The van der Waals surface area contributed by atoms with Gasteiger partial charge >= 0.3 is 0 Å². The van der Waals surface area contributed by atoms with Crippen LogP contribution in [0.3, 0.4) is 0 Å². The molecule has 5 rings (SSSR count). The lowest BCUT2D eigenvalue weighted by Gasteiger charge is -2.30. The highest BCUT2D eigenvalue weighted by Gasteiger charge is 2.25. The first-order valence-electron chi connectivity index (χ1n) is 14.0. The van der Waals surface area contributed by atoms with Crippen molar-refractivity contribution < 1.29 is 9.59 Å². The molecule has 10 heteroatoms. The Morgan fingerprint density at radius 1 is 1.10 bits per heavy atom. The van der Waals surface area contributed by atoms with Crippen LogP contribution in [0.1, 0.15) is 41.7 Å². The normalized spacial score (nSPS) is 16.7. The maximum Gasteiger partial charge on any atom is 0.251 e. The van der Waals surface area contributed by atoms with Gasteiger partial charge in [0.15, 0.2) is 0 Å². The molecule has 0 saturated heterocycles. The predicted molar refractivity (Wildman–Crippen MR) is 170 cm³/mol. The first-order valence-corrected chi connectivity index (χ1v) is 14.4. The number of carbonyl (C=O) groups excluding carboxylic acids is 2. The van der Waals surface area contributed by atoms with Gasteiger partial charge in [-0.15, -0.1) is 0 Å². The zero-order chi connectivity index (χ0) is 30.1. The number of H-pyrrole nitrogens is 1. The van der Waals surface area contributed by atoms with Crippen LogP contribution in [0, 0.1) is 6.92 Å². The highest BCUT2D eigenvalue weighted by Crippen LogP contribution is 2.35. The van der Waals surface area contributed by atoms with Crippen LogP contribution in [-0.4, -0.2) is 64.4 Å². The molecule has 2 aromatic heterocycles. The third-order valence-corrected chi connectivity index (χ3v) is 7.28. The van der Waals surface area contributed by atoms with Gasteiger partial charge < -0.3 is 26.3 Å². The van der Waals surface area contributed by atoms with Gasteiger partial charge in [-0.3, -0.25) is 9.59 Å². The van der Waals surface area contributed by atoms with E-state index in [1.165, 1.54) is 6.08 Å². The maximum atomic E-state index is 12.6. The molecule has 0 radical (unpaired) electrons. The van der Waals surface area contributed by atoms with Crippen LogP contribution in [0.25, 0.3) is 22.2 Å². The lowest BCUT2D eigenvalue weighted by molar-refractivity contribution is -0.113. The third kappa shape index (κ3) is 8.41. The van der Waals surface area contributed by atoms with E-state index in [0.29, 0.717) is 22.2 Å². The van der Waals surface area contributed by atoms with Gasteiger partial charge in [0, 0.05) is 46.4 Å². The highest BCUT2D eigenvalue weighted by atomic mass is 35.5. The van der Waals surface area contributed by atoms with E-state index in [0.717, 1.165) is 54.4 Å². The first kappa shape index (κ1) is 30.7. The van der Waals surface area contributed by atoms with Gasteiger partial charge in [-0.05, 0) is 71.0 Å². The number of amides is 2. The van der Waals surface area contributed by atoms with E-state index in [4.69, 9.17) is 22.3 Å². The number of hydrogen-bond donors (Lipinski definition) is 4. The molecule has 2 aromatic carbocycles. The minimum Gasteiger partial charge on any atom is -0.366 e. The lowest BCUT2D eigenvalue weighted by atomic mass is 9.91. The molecule has 0 aliphatic heterocycles. The summed E-state index contributed by atoms with van der Waals surface area (Å²) in [6.07, 6.45) is 8.57. The Morgan fingerprint density at radius 3 is 2.55 bits per heavy atom. The smallest absolute Gasteiger partial charge is 0.251 e. The number of rotatable bonds is 8. The number of aromatic nitrogens is 3. The average molecular weight is 588 g/mol. The molecule has 0 spiro atoms. The van der Waals surface area contributed by atoms with Crippen LogP contribution in [-0.2, 0) is 4.79 Å². The zero-order valence-corrected chi connectivity index (χ0v) is 25.0.